The summed E-state index contributed by atoms with van der Waals surface area (Å²) in [4.78, 5) is 10.9. The Hall–Kier alpha value is -0.620. The first-order chi connectivity index (χ1) is 6.65. The normalized spacial score (nSPS) is 16.3. The summed E-state index contributed by atoms with van der Waals surface area (Å²) in [7, 11) is -3.39. The third-order valence-electron chi connectivity index (χ3n) is 2.58. The molecule has 90 valence electrons. The van der Waals surface area contributed by atoms with E-state index in [0.717, 1.165) is 0 Å². The van der Waals surface area contributed by atoms with Gasteiger partial charge in [-0.15, -0.1) is 0 Å². The maximum Gasteiger partial charge on any atom is 0.310 e. The van der Waals surface area contributed by atoms with Crippen molar-refractivity contribution in [1.29, 1.82) is 0 Å². The van der Waals surface area contributed by atoms with Crippen molar-refractivity contribution in [2.45, 2.75) is 39.4 Å². The number of carboxylic acid groups (broad SMARTS) is 1. The van der Waals surface area contributed by atoms with Crippen LogP contribution in [0.25, 0.3) is 0 Å². The van der Waals surface area contributed by atoms with Crippen LogP contribution in [0.2, 0.25) is 0 Å². The third kappa shape index (κ3) is 3.79. The van der Waals surface area contributed by atoms with Gasteiger partial charge in [-0.25, -0.2) is 13.1 Å². The van der Waals surface area contributed by atoms with Crippen molar-refractivity contribution in [3.63, 3.8) is 0 Å². The van der Waals surface area contributed by atoms with Gasteiger partial charge >= 0.3 is 5.97 Å². The predicted octanol–water partition coefficient (Wildman–Crippen LogP) is 0.815. The molecule has 0 saturated heterocycles. The molecule has 0 aromatic heterocycles. The molecule has 0 saturated carbocycles. The average Bonchev–Trinajstić information content (AvgIpc) is 2.13. The van der Waals surface area contributed by atoms with E-state index in [1.807, 2.05) is 0 Å². The zero-order valence-corrected chi connectivity index (χ0v) is 10.4. The SMILES string of the molecule is CCC(C)(CNS(=O)(=O)C(C)C)C(=O)O. The molecule has 0 aliphatic carbocycles. The number of hydrogen-bond acceptors (Lipinski definition) is 3. The molecule has 0 spiro atoms. The lowest BCUT2D eigenvalue weighted by Gasteiger charge is -2.23. The first kappa shape index (κ1) is 14.4. The van der Waals surface area contributed by atoms with Crippen molar-refractivity contribution in [1.82, 2.24) is 4.72 Å². The van der Waals surface area contributed by atoms with Crippen LogP contribution in [0.15, 0.2) is 0 Å². The van der Waals surface area contributed by atoms with Gasteiger partial charge in [0, 0.05) is 6.54 Å². The third-order valence-corrected chi connectivity index (χ3v) is 4.37. The lowest BCUT2D eigenvalue weighted by atomic mass is 9.88. The van der Waals surface area contributed by atoms with Crippen LogP contribution in [0.1, 0.15) is 34.1 Å². The molecule has 1 unspecified atom stereocenters. The summed E-state index contributed by atoms with van der Waals surface area (Å²) in [5.41, 5.74) is -1.04. The van der Waals surface area contributed by atoms with E-state index in [0.29, 0.717) is 6.42 Å². The van der Waals surface area contributed by atoms with Crippen molar-refractivity contribution in [3.05, 3.63) is 0 Å². The highest BCUT2D eigenvalue weighted by atomic mass is 32.2. The first-order valence-corrected chi connectivity index (χ1v) is 6.42. The highest BCUT2D eigenvalue weighted by Crippen LogP contribution is 2.20. The molecule has 0 aliphatic rings. The van der Waals surface area contributed by atoms with Crippen LogP contribution >= 0.6 is 0 Å². The smallest absolute Gasteiger partial charge is 0.310 e. The van der Waals surface area contributed by atoms with E-state index in [9.17, 15) is 13.2 Å². The monoisotopic (exact) mass is 237 g/mol. The number of nitrogens with one attached hydrogen (secondary N) is 1. The van der Waals surface area contributed by atoms with Gasteiger partial charge in [-0.1, -0.05) is 6.92 Å². The van der Waals surface area contributed by atoms with Crippen LogP contribution < -0.4 is 4.72 Å². The standard InChI is InChI=1S/C9H19NO4S/c1-5-9(4,8(11)12)6-10-15(13,14)7(2)3/h7,10H,5-6H2,1-4H3,(H,11,12). The van der Waals surface area contributed by atoms with E-state index in [4.69, 9.17) is 5.11 Å². The van der Waals surface area contributed by atoms with E-state index in [2.05, 4.69) is 4.72 Å². The Balaban J connectivity index is 4.57. The molecule has 0 aliphatic heterocycles. The second-order valence-corrected chi connectivity index (χ2v) is 6.46. The van der Waals surface area contributed by atoms with E-state index < -0.39 is 26.7 Å². The van der Waals surface area contributed by atoms with Gasteiger partial charge in [-0.05, 0) is 27.2 Å². The predicted molar refractivity (Wildman–Crippen MR) is 58.1 cm³/mol. The Bertz CT molecular complexity index is 323. The summed E-state index contributed by atoms with van der Waals surface area (Å²) >= 11 is 0. The van der Waals surface area contributed by atoms with Crippen LogP contribution in [-0.4, -0.2) is 31.3 Å². The minimum atomic E-state index is -3.39. The van der Waals surface area contributed by atoms with Crippen LogP contribution in [0.3, 0.4) is 0 Å². The molecule has 0 rings (SSSR count). The molecule has 6 heteroatoms. The summed E-state index contributed by atoms with van der Waals surface area (Å²) in [5.74, 6) is -0.989. The fourth-order valence-corrected chi connectivity index (χ4v) is 1.63. The maximum atomic E-state index is 11.4. The summed E-state index contributed by atoms with van der Waals surface area (Å²) in [6, 6.07) is 0. The summed E-state index contributed by atoms with van der Waals surface area (Å²) < 4.78 is 25.1. The highest BCUT2D eigenvalue weighted by molar-refractivity contribution is 7.90. The van der Waals surface area contributed by atoms with Crippen molar-refractivity contribution in [2.24, 2.45) is 5.41 Å². The van der Waals surface area contributed by atoms with Crippen molar-refractivity contribution in [2.75, 3.05) is 6.54 Å². The van der Waals surface area contributed by atoms with E-state index in [1.165, 1.54) is 6.92 Å². The van der Waals surface area contributed by atoms with Crippen molar-refractivity contribution in [3.8, 4) is 0 Å². The molecule has 0 amide bonds. The molecule has 0 heterocycles. The van der Waals surface area contributed by atoms with Gasteiger partial charge in [0.25, 0.3) is 0 Å². The van der Waals surface area contributed by atoms with Crippen LogP contribution in [0.5, 0.6) is 0 Å². The van der Waals surface area contributed by atoms with E-state index in [-0.39, 0.29) is 6.54 Å². The Labute approximate surface area is 90.9 Å². The van der Waals surface area contributed by atoms with Crippen molar-refractivity contribution < 1.29 is 18.3 Å². The largest absolute Gasteiger partial charge is 0.481 e. The maximum absolute atomic E-state index is 11.4. The zero-order chi connectivity index (χ0) is 12.3. The van der Waals surface area contributed by atoms with Gasteiger partial charge in [0.05, 0.1) is 10.7 Å². The van der Waals surface area contributed by atoms with Crippen LogP contribution in [-0.2, 0) is 14.8 Å². The zero-order valence-electron chi connectivity index (χ0n) is 9.57. The summed E-state index contributed by atoms with van der Waals surface area (Å²) in [6.07, 6.45) is 0.378. The summed E-state index contributed by atoms with van der Waals surface area (Å²) in [5, 5.41) is 8.38. The Morgan fingerprint density at radius 1 is 1.47 bits per heavy atom. The number of sulfonamides is 1. The summed E-state index contributed by atoms with van der Waals surface area (Å²) in [6.45, 7) is 6.27. The molecule has 0 aromatic rings. The minimum Gasteiger partial charge on any atom is -0.481 e. The molecule has 0 fully saturated rings. The fourth-order valence-electron chi connectivity index (χ4n) is 0.778. The molecular formula is C9H19NO4S. The second-order valence-electron chi connectivity index (χ2n) is 4.13. The number of carbonyl (C=O) groups is 1. The molecule has 1 atom stereocenters. The highest BCUT2D eigenvalue weighted by Gasteiger charge is 2.32. The Morgan fingerprint density at radius 3 is 2.20 bits per heavy atom. The number of carboxylic acids is 1. The van der Waals surface area contributed by atoms with Gasteiger partial charge in [0.1, 0.15) is 0 Å². The van der Waals surface area contributed by atoms with Gasteiger partial charge in [-0.2, -0.15) is 0 Å². The van der Waals surface area contributed by atoms with Gasteiger partial charge in [0.2, 0.25) is 10.0 Å². The minimum absolute atomic E-state index is 0.0701. The molecule has 15 heavy (non-hydrogen) atoms. The van der Waals surface area contributed by atoms with Gasteiger partial charge in [-0.3, -0.25) is 4.79 Å². The number of hydrogen-bond donors (Lipinski definition) is 2. The Kier molecular flexibility index (Phi) is 4.73. The molecule has 5 nitrogen and oxygen atoms in total. The molecule has 2 N–H and O–H groups in total. The average molecular weight is 237 g/mol. The lowest BCUT2D eigenvalue weighted by molar-refractivity contribution is -0.147. The van der Waals surface area contributed by atoms with Gasteiger partial charge < -0.3 is 5.11 Å². The number of aliphatic carboxylic acids is 1. The molecule has 0 aromatic carbocycles. The lowest BCUT2D eigenvalue weighted by Crippen LogP contribution is -2.42. The molecule has 0 radical (unpaired) electrons. The van der Waals surface area contributed by atoms with E-state index in [1.54, 1.807) is 20.8 Å². The van der Waals surface area contributed by atoms with Crippen LogP contribution in [0.4, 0.5) is 0 Å². The topological polar surface area (TPSA) is 83.5 Å². The second kappa shape index (κ2) is 4.94. The molecule has 0 bridgehead atoms. The molecular weight excluding hydrogens is 218 g/mol. The fraction of sp³-hybridized carbons (Fsp3) is 0.889. The number of rotatable bonds is 6. The Morgan fingerprint density at radius 2 is 1.93 bits per heavy atom. The van der Waals surface area contributed by atoms with Gasteiger partial charge in [0.15, 0.2) is 0 Å². The first-order valence-electron chi connectivity index (χ1n) is 4.87. The van der Waals surface area contributed by atoms with Crippen LogP contribution in [0, 0.1) is 5.41 Å². The quantitative estimate of drug-likeness (QED) is 0.716. The van der Waals surface area contributed by atoms with E-state index >= 15 is 0 Å². The van der Waals surface area contributed by atoms with Crippen molar-refractivity contribution >= 4 is 16.0 Å².